The number of thiophene rings is 1. The lowest BCUT2D eigenvalue weighted by atomic mass is 10.1. The molecular weight excluding hydrogens is 308 g/mol. The van der Waals surface area contributed by atoms with Gasteiger partial charge in [-0.1, -0.05) is 36.4 Å². The van der Waals surface area contributed by atoms with Crippen molar-refractivity contribution < 1.29 is 9.90 Å². The molecule has 4 nitrogen and oxygen atoms in total. The van der Waals surface area contributed by atoms with Gasteiger partial charge in [0.15, 0.2) is 0 Å². The summed E-state index contributed by atoms with van der Waals surface area (Å²) in [5, 5.41) is 18.8. The molecule has 1 heterocycles. The van der Waals surface area contributed by atoms with Crippen LogP contribution in [0, 0.1) is 6.92 Å². The van der Waals surface area contributed by atoms with Crippen LogP contribution in [0.25, 0.3) is 10.1 Å². The summed E-state index contributed by atoms with van der Waals surface area (Å²) in [7, 11) is 0. The summed E-state index contributed by atoms with van der Waals surface area (Å²) in [5.74, 6) is 0. The van der Waals surface area contributed by atoms with Gasteiger partial charge in [0, 0.05) is 22.5 Å². The number of nitrogens with one attached hydrogen (secondary N) is 2. The Labute approximate surface area is 138 Å². The van der Waals surface area contributed by atoms with Crippen LogP contribution in [-0.4, -0.2) is 17.7 Å². The number of carbonyl (C=O) groups is 1. The second-order valence-corrected chi connectivity index (χ2v) is 6.26. The third-order valence-corrected chi connectivity index (χ3v) is 4.70. The first-order chi connectivity index (χ1) is 11.1. The Balaban J connectivity index is 1.61. The number of hydrogen-bond donors (Lipinski definition) is 3. The Morgan fingerprint density at radius 2 is 1.91 bits per heavy atom. The van der Waals surface area contributed by atoms with Crippen LogP contribution in [0.1, 0.15) is 17.2 Å². The van der Waals surface area contributed by atoms with Crippen molar-refractivity contribution in [3.8, 4) is 0 Å². The minimum absolute atomic E-state index is 0.165. The largest absolute Gasteiger partial charge is 0.387 e. The summed E-state index contributed by atoms with van der Waals surface area (Å²) in [6.45, 7) is 2.10. The van der Waals surface area contributed by atoms with Crippen LogP contribution in [0.5, 0.6) is 0 Å². The van der Waals surface area contributed by atoms with Gasteiger partial charge in [0.1, 0.15) is 0 Å². The van der Waals surface area contributed by atoms with Crippen molar-refractivity contribution in [2.45, 2.75) is 13.0 Å². The summed E-state index contributed by atoms with van der Waals surface area (Å²) in [6.07, 6.45) is -0.728. The summed E-state index contributed by atoms with van der Waals surface area (Å²) in [6, 6.07) is 15.2. The Bertz CT molecular complexity index is 829. The average Bonchev–Trinajstić information content (AvgIpc) is 2.99. The topological polar surface area (TPSA) is 61.4 Å². The number of aliphatic hydroxyl groups is 1. The quantitative estimate of drug-likeness (QED) is 0.677. The van der Waals surface area contributed by atoms with E-state index in [9.17, 15) is 9.90 Å². The second-order valence-electron chi connectivity index (χ2n) is 5.35. The molecule has 2 amide bonds. The number of benzene rings is 2. The molecule has 0 saturated carbocycles. The van der Waals surface area contributed by atoms with E-state index in [1.165, 1.54) is 0 Å². The number of fused-ring (bicyclic) bond motifs is 1. The number of aryl methyl sites for hydroxylation is 1. The van der Waals surface area contributed by atoms with E-state index in [4.69, 9.17) is 0 Å². The van der Waals surface area contributed by atoms with Crippen molar-refractivity contribution in [2.75, 3.05) is 11.9 Å². The van der Waals surface area contributed by atoms with Crippen molar-refractivity contribution >= 4 is 33.1 Å². The molecule has 1 atom stereocenters. The SMILES string of the molecule is Cc1ccccc1NC(=O)NC[C@@H](O)c1csc2ccccc12. The lowest BCUT2D eigenvalue weighted by Crippen LogP contribution is -2.32. The fraction of sp³-hybridized carbons (Fsp3) is 0.167. The van der Waals surface area contributed by atoms with Gasteiger partial charge in [0.2, 0.25) is 0 Å². The van der Waals surface area contributed by atoms with Crippen molar-refractivity contribution in [2.24, 2.45) is 0 Å². The molecule has 0 radical (unpaired) electrons. The number of carbonyl (C=O) groups excluding carboxylic acids is 1. The lowest BCUT2D eigenvalue weighted by molar-refractivity contribution is 0.177. The van der Waals surface area contributed by atoms with Crippen LogP contribution >= 0.6 is 11.3 Å². The van der Waals surface area contributed by atoms with Crippen LogP contribution in [0.4, 0.5) is 10.5 Å². The monoisotopic (exact) mass is 326 g/mol. The average molecular weight is 326 g/mol. The predicted molar refractivity (Wildman–Crippen MR) is 95.0 cm³/mol. The minimum atomic E-state index is -0.728. The summed E-state index contributed by atoms with van der Waals surface area (Å²) >= 11 is 1.59. The first kappa shape index (κ1) is 15.5. The van der Waals surface area contributed by atoms with Crippen molar-refractivity contribution in [3.63, 3.8) is 0 Å². The van der Waals surface area contributed by atoms with E-state index >= 15 is 0 Å². The zero-order valence-electron chi connectivity index (χ0n) is 12.7. The smallest absolute Gasteiger partial charge is 0.319 e. The maximum Gasteiger partial charge on any atom is 0.319 e. The van der Waals surface area contributed by atoms with Gasteiger partial charge in [-0.15, -0.1) is 11.3 Å². The van der Waals surface area contributed by atoms with Crippen LogP contribution < -0.4 is 10.6 Å². The molecule has 3 rings (SSSR count). The van der Waals surface area contributed by atoms with Gasteiger partial charge in [0.25, 0.3) is 0 Å². The zero-order valence-corrected chi connectivity index (χ0v) is 13.6. The number of urea groups is 1. The van der Waals surface area contributed by atoms with Crippen molar-refractivity contribution in [1.82, 2.24) is 5.32 Å². The molecule has 118 valence electrons. The van der Waals surface area contributed by atoms with E-state index < -0.39 is 6.10 Å². The Kier molecular flexibility index (Phi) is 4.60. The maximum absolute atomic E-state index is 12.0. The number of hydrogen-bond acceptors (Lipinski definition) is 3. The molecule has 5 heteroatoms. The first-order valence-electron chi connectivity index (χ1n) is 7.40. The third-order valence-electron chi connectivity index (χ3n) is 3.72. The Morgan fingerprint density at radius 3 is 2.74 bits per heavy atom. The number of rotatable bonds is 4. The molecule has 0 fully saturated rings. The number of anilines is 1. The van der Waals surface area contributed by atoms with Gasteiger partial charge in [0.05, 0.1) is 6.10 Å². The molecule has 2 aromatic carbocycles. The van der Waals surface area contributed by atoms with E-state index in [1.807, 2.05) is 60.8 Å². The maximum atomic E-state index is 12.0. The van der Waals surface area contributed by atoms with Gasteiger partial charge < -0.3 is 15.7 Å². The summed E-state index contributed by atoms with van der Waals surface area (Å²) in [5.41, 5.74) is 2.61. The normalized spacial score (nSPS) is 12.1. The van der Waals surface area contributed by atoms with Gasteiger partial charge in [-0.25, -0.2) is 4.79 Å². The van der Waals surface area contributed by atoms with Crippen LogP contribution in [0.2, 0.25) is 0 Å². The Morgan fingerprint density at radius 1 is 1.17 bits per heavy atom. The predicted octanol–water partition coefficient (Wildman–Crippen LogP) is 4.06. The highest BCUT2D eigenvalue weighted by Gasteiger charge is 2.14. The number of aliphatic hydroxyl groups excluding tert-OH is 1. The minimum Gasteiger partial charge on any atom is -0.387 e. The van der Waals surface area contributed by atoms with Crippen molar-refractivity contribution in [3.05, 3.63) is 65.0 Å². The van der Waals surface area contributed by atoms with Gasteiger partial charge >= 0.3 is 6.03 Å². The summed E-state index contributed by atoms with van der Waals surface area (Å²) in [4.78, 5) is 12.0. The molecule has 0 saturated heterocycles. The fourth-order valence-corrected chi connectivity index (χ4v) is 3.44. The van der Waals surface area contributed by atoms with Gasteiger partial charge in [-0.3, -0.25) is 0 Å². The van der Waals surface area contributed by atoms with Crippen LogP contribution in [-0.2, 0) is 0 Å². The Hall–Kier alpha value is -2.37. The molecule has 0 aliphatic rings. The molecule has 23 heavy (non-hydrogen) atoms. The molecule has 3 aromatic rings. The zero-order chi connectivity index (χ0) is 16.2. The van der Waals surface area contributed by atoms with Gasteiger partial charge in [-0.05, 0) is 35.4 Å². The third kappa shape index (κ3) is 3.52. The van der Waals surface area contributed by atoms with Crippen molar-refractivity contribution in [1.29, 1.82) is 0 Å². The summed E-state index contributed by atoms with van der Waals surface area (Å²) < 4.78 is 1.13. The van der Waals surface area contributed by atoms with E-state index in [-0.39, 0.29) is 12.6 Å². The molecule has 0 bridgehead atoms. The molecule has 0 spiro atoms. The highest BCUT2D eigenvalue weighted by molar-refractivity contribution is 7.17. The van der Waals surface area contributed by atoms with E-state index in [0.29, 0.717) is 0 Å². The fourth-order valence-electron chi connectivity index (χ4n) is 2.44. The highest BCUT2D eigenvalue weighted by Crippen LogP contribution is 2.29. The molecule has 0 aliphatic carbocycles. The van der Waals surface area contributed by atoms with E-state index in [1.54, 1.807) is 11.3 Å². The lowest BCUT2D eigenvalue weighted by Gasteiger charge is -2.13. The molecule has 1 aromatic heterocycles. The molecule has 0 unspecified atom stereocenters. The van der Waals surface area contributed by atoms with Crippen LogP contribution in [0.3, 0.4) is 0 Å². The molecule has 0 aliphatic heterocycles. The van der Waals surface area contributed by atoms with E-state index in [0.717, 1.165) is 26.9 Å². The van der Waals surface area contributed by atoms with E-state index in [2.05, 4.69) is 10.6 Å². The first-order valence-corrected chi connectivity index (χ1v) is 8.28. The molecule has 3 N–H and O–H groups in total. The van der Waals surface area contributed by atoms with Crippen LogP contribution in [0.15, 0.2) is 53.9 Å². The standard InChI is InChI=1S/C18H18N2O2S/c1-12-6-2-4-8-15(12)20-18(22)19-10-16(21)14-11-23-17-9-5-3-7-13(14)17/h2-9,11,16,21H,10H2,1H3,(H2,19,20,22)/t16-/m1/s1. The molecular formula is C18H18N2O2S. The number of para-hydroxylation sites is 1. The number of amides is 2. The highest BCUT2D eigenvalue weighted by atomic mass is 32.1. The second kappa shape index (κ2) is 6.81. The van der Waals surface area contributed by atoms with Gasteiger partial charge in [-0.2, -0.15) is 0 Å².